The molecular weight excluding hydrogens is 392 g/mol. The lowest BCUT2D eigenvalue weighted by atomic mass is 9.99. The van der Waals surface area contributed by atoms with Gasteiger partial charge < -0.3 is 15.1 Å². The molecule has 1 aliphatic rings. The van der Waals surface area contributed by atoms with Gasteiger partial charge in [0.1, 0.15) is 17.2 Å². The molecule has 0 saturated carbocycles. The SMILES string of the molecule is N#Cc1ccc(CC(=O)N2CCc3[nH]nc(-c4cc(Cl)c(O)cc4O)c3C2)cc1. The number of H-pyrrole nitrogens is 1. The highest BCUT2D eigenvalue weighted by Crippen LogP contribution is 2.39. The van der Waals surface area contributed by atoms with Gasteiger partial charge in [-0.05, 0) is 23.8 Å². The highest BCUT2D eigenvalue weighted by atomic mass is 35.5. The lowest BCUT2D eigenvalue weighted by molar-refractivity contribution is -0.131. The van der Waals surface area contributed by atoms with Gasteiger partial charge in [0.15, 0.2) is 0 Å². The summed E-state index contributed by atoms with van der Waals surface area (Å²) in [6.45, 7) is 0.917. The van der Waals surface area contributed by atoms with Gasteiger partial charge >= 0.3 is 0 Å². The van der Waals surface area contributed by atoms with Crippen molar-refractivity contribution in [2.45, 2.75) is 19.4 Å². The van der Waals surface area contributed by atoms with Crippen LogP contribution in [0.25, 0.3) is 11.3 Å². The Morgan fingerprint density at radius 3 is 2.72 bits per heavy atom. The highest BCUT2D eigenvalue weighted by molar-refractivity contribution is 6.32. The van der Waals surface area contributed by atoms with E-state index < -0.39 is 0 Å². The summed E-state index contributed by atoms with van der Waals surface area (Å²) in [6.07, 6.45) is 0.860. The number of halogens is 1. The van der Waals surface area contributed by atoms with Crippen LogP contribution in [0.2, 0.25) is 5.02 Å². The van der Waals surface area contributed by atoms with E-state index in [4.69, 9.17) is 16.9 Å². The van der Waals surface area contributed by atoms with E-state index in [-0.39, 0.29) is 28.8 Å². The number of carbonyl (C=O) groups excluding carboxylic acids is 1. The van der Waals surface area contributed by atoms with Crippen molar-refractivity contribution in [2.75, 3.05) is 6.54 Å². The minimum atomic E-state index is -0.212. The Labute approximate surface area is 171 Å². The van der Waals surface area contributed by atoms with Gasteiger partial charge in [0.25, 0.3) is 0 Å². The number of aromatic amines is 1. The number of hydrogen-bond acceptors (Lipinski definition) is 5. The molecule has 1 amide bonds. The molecule has 2 heterocycles. The minimum absolute atomic E-state index is 0.0273. The van der Waals surface area contributed by atoms with E-state index >= 15 is 0 Å². The number of carbonyl (C=O) groups is 1. The van der Waals surface area contributed by atoms with Crippen molar-refractivity contribution in [2.24, 2.45) is 0 Å². The third kappa shape index (κ3) is 3.62. The van der Waals surface area contributed by atoms with E-state index in [2.05, 4.69) is 16.3 Å². The number of nitrogens with one attached hydrogen (secondary N) is 1. The summed E-state index contributed by atoms with van der Waals surface area (Å²) in [5, 5.41) is 36.2. The van der Waals surface area contributed by atoms with Gasteiger partial charge in [-0.1, -0.05) is 23.7 Å². The van der Waals surface area contributed by atoms with Crippen LogP contribution in [0.3, 0.4) is 0 Å². The third-order valence-corrected chi connectivity index (χ3v) is 5.35. The zero-order valence-corrected chi connectivity index (χ0v) is 16.1. The van der Waals surface area contributed by atoms with Crippen LogP contribution in [-0.2, 0) is 24.2 Å². The van der Waals surface area contributed by atoms with Crippen LogP contribution in [0.15, 0.2) is 36.4 Å². The Balaban J connectivity index is 1.57. The zero-order valence-electron chi connectivity index (χ0n) is 15.3. The van der Waals surface area contributed by atoms with E-state index in [0.717, 1.165) is 16.8 Å². The second-order valence-electron chi connectivity index (χ2n) is 6.90. The number of nitrogens with zero attached hydrogens (tertiary/aromatic N) is 3. The van der Waals surface area contributed by atoms with E-state index in [1.165, 1.54) is 12.1 Å². The number of hydrogen-bond donors (Lipinski definition) is 3. The van der Waals surface area contributed by atoms with Gasteiger partial charge in [0.2, 0.25) is 5.91 Å². The van der Waals surface area contributed by atoms with E-state index in [0.29, 0.717) is 36.3 Å². The Kier molecular flexibility index (Phi) is 4.87. The summed E-state index contributed by atoms with van der Waals surface area (Å²) in [4.78, 5) is 14.5. The minimum Gasteiger partial charge on any atom is -0.507 e. The molecule has 7 nitrogen and oxygen atoms in total. The predicted molar refractivity (Wildman–Crippen MR) is 106 cm³/mol. The molecule has 0 spiro atoms. The number of amides is 1. The van der Waals surface area contributed by atoms with Gasteiger partial charge in [-0.25, -0.2) is 0 Å². The summed E-state index contributed by atoms with van der Waals surface area (Å²) >= 11 is 5.99. The van der Waals surface area contributed by atoms with Gasteiger partial charge in [-0.3, -0.25) is 9.89 Å². The largest absolute Gasteiger partial charge is 0.507 e. The Bertz CT molecular complexity index is 1130. The van der Waals surface area contributed by atoms with E-state index in [1.807, 2.05) is 0 Å². The van der Waals surface area contributed by atoms with Crippen molar-refractivity contribution in [3.8, 4) is 28.8 Å². The first-order chi connectivity index (χ1) is 14.0. The molecule has 4 rings (SSSR count). The van der Waals surface area contributed by atoms with Crippen LogP contribution in [0, 0.1) is 11.3 Å². The fraction of sp³-hybridized carbons (Fsp3) is 0.190. The topological polar surface area (TPSA) is 113 Å². The lowest BCUT2D eigenvalue weighted by Crippen LogP contribution is -2.36. The third-order valence-electron chi connectivity index (χ3n) is 5.04. The molecule has 8 heteroatoms. The van der Waals surface area contributed by atoms with Crippen LogP contribution in [0.4, 0.5) is 0 Å². The number of benzene rings is 2. The van der Waals surface area contributed by atoms with Gasteiger partial charge in [-0.2, -0.15) is 10.4 Å². The second kappa shape index (κ2) is 7.49. The molecule has 0 saturated heterocycles. The number of aromatic hydroxyl groups is 2. The van der Waals surface area contributed by atoms with Crippen LogP contribution >= 0.6 is 11.6 Å². The van der Waals surface area contributed by atoms with Crippen molar-refractivity contribution < 1.29 is 15.0 Å². The molecule has 0 radical (unpaired) electrons. The normalized spacial score (nSPS) is 13.0. The summed E-state index contributed by atoms with van der Waals surface area (Å²) in [6, 6.07) is 11.7. The van der Waals surface area contributed by atoms with Gasteiger partial charge in [0, 0.05) is 42.4 Å². The van der Waals surface area contributed by atoms with E-state index in [9.17, 15) is 15.0 Å². The number of fused-ring (bicyclic) bond motifs is 1. The maximum absolute atomic E-state index is 12.8. The molecular formula is C21H17ClN4O3. The molecule has 2 aromatic carbocycles. The Hall–Kier alpha value is -3.50. The smallest absolute Gasteiger partial charge is 0.227 e. The molecule has 3 aromatic rings. The summed E-state index contributed by atoms with van der Waals surface area (Å²) in [7, 11) is 0. The monoisotopic (exact) mass is 408 g/mol. The van der Waals surface area contributed by atoms with Gasteiger partial charge in [-0.15, -0.1) is 0 Å². The van der Waals surface area contributed by atoms with Crippen LogP contribution < -0.4 is 0 Å². The second-order valence-corrected chi connectivity index (χ2v) is 7.31. The molecule has 1 aromatic heterocycles. The lowest BCUT2D eigenvalue weighted by Gasteiger charge is -2.27. The van der Waals surface area contributed by atoms with Crippen molar-refractivity contribution in [1.29, 1.82) is 5.26 Å². The summed E-state index contributed by atoms with van der Waals surface area (Å²) in [5.74, 6) is -0.376. The van der Waals surface area contributed by atoms with Crippen LogP contribution in [-0.4, -0.2) is 37.8 Å². The highest BCUT2D eigenvalue weighted by Gasteiger charge is 2.27. The summed E-state index contributed by atoms with van der Waals surface area (Å²) in [5.41, 5.74) is 4.03. The fourth-order valence-electron chi connectivity index (χ4n) is 3.45. The molecule has 0 fully saturated rings. The summed E-state index contributed by atoms with van der Waals surface area (Å²) < 4.78 is 0. The molecule has 0 bridgehead atoms. The van der Waals surface area contributed by atoms with Crippen LogP contribution in [0.1, 0.15) is 22.4 Å². The molecule has 1 aliphatic heterocycles. The molecule has 146 valence electrons. The van der Waals surface area contributed by atoms with Crippen molar-refractivity contribution in [3.63, 3.8) is 0 Å². The van der Waals surface area contributed by atoms with Crippen LogP contribution in [0.5, 0.6) is 11.5 Å². The molecule has 3 N–H and O–H groups in total. The van der Waals surface area contributed by atoms with Crippen molar-refractivity contribution in [1.82, 2.24) is 15.1 Å². The number of phenolic OH excluding ortho intramolecular Hbond substituents is 2. The predicted octanol–water partition coefficient (Wildman–Crippen LogP) is 3.14. The van der Waals surface area contributed by atoms with Gasteiger partial charge in [0.05, 0.1) is 23.1 Å². The maximum atomic E-state index is 12.8. The number of rotatable bonds is 3. The first kappa shape index (κ1) is 18.8. The first-order valence-electron chi connectivity index (χ1n) is 9.01. The Morgan fingerprint density at radius 2 is 2.00 bits per heavy atom. The average Bonchev–Trinajstić information content (AvgIpc) is 3.14. The Morgan fingerprint density at radius 1 is 1.24 bits per heavy atom. The molecule has 29 heavy (non-hydrogen) atoms. The quantitative estimate of drug-likeness (QED) is 0.616. The number of phenols is 2. The molecule has 0 atom stereocenters. The average molecular weight is 409 g/mol. The maximum Gasteiger partial charge on any atom is 0.227 e. The van der Waals surface area contributed by atoms with Crippen molar-refractivity contribution >= 4 is 17.5 Å². The first-order valence-corrected chi connectivity index (χ1v) is 9.39. The molecule has 0 unspecified atom stereocenters. The zero-order chi connectivity index (χ0) is 20.5. The number of nitriles is 1. The standard InChI is InChI=1S/C21H17ClN4O3/c22-16-8-14(18(27)9-19(16)28)21-15-11-26(6-5-17(15)24-25-21)20(29)7-12-1-3-13(10-23)4-2-12/h1-4,8-9,27-28H,5-7,11H2,(H,24,25). The van der Waals surface area contributed by atoms with Crippen molar-refractivity contribution in [3.05, 3.63) is 63.8 Å². The fourth-order valence-corrected chi connectivity index (χ4v) is 3.62. The van der Waals surface area contributed by atoms with E-state index in [1.54, 1.807) is 29.2 Å². The molecule has 0 aliphatic carbocycles. The number of aromatic nitrogens is 2.